The molecule has 0 heterocycles. The molecule has 1 rings (SSSR count). The highest BCUT2D eigenvalue weighted by Gasteiger charge is 2.06. The van der Waals surface area contributed by atoms with Gasteiger partial charge >= 0.3 is 0 Å². The Morgan fingerprint density at radius 3 is 2.47 bits per heavy atom. The second kappa shape index (κ2) is 7.40. The Labute approximate surface area is 114 Å². The predicted molar refractivity (Wildman–Crippen MR) is 72.5 cm³/mol. The first-order valence-corrected chi connectivity index (χ1v) is 6.87. The number of aryl methyl sites for hydroxylation is 2. The van der Waals surface area contributed by atoms with Crippen LogP contribution in [0.15, 0.2) is 17.5 Å². The van der Waals surface area contributed by atoms with E-state index in [0.717, 1.165) is 22.1 Å². The largest absolute Gasteiger partial charge is 0.769 e. The number of benzene rings is 1. The SMILES string of the molecule is Cc1cc(OC[C@H](O)CO)cc(C)c1/C=C/S(=O)[O-]. The fourth-order valence-corrected chi connectivity index (χ4v) is 1.90. The lowest BCUT2D eigenvalue weighted by atomic mass is 10.0. The zero-order chi connectivity index (χ0) is 14.4. The number of rotatable bonds is 6. The summed E-state index contributed by atoms with van der Waals surface area (Å²) in [6.45, 7) is 3.34. The van der Waals surface area contributed by atoms with Gasteiger partial charge in [0, 0.05) is 0 Å². The Hall–Kier alpha value is -1.21. The summed E-state index contributed by atoms with van der Waals surface area (Å²) in [7, 11) is 0. The van der Waals surface area contributed by atoms with E-state index < -0.39 is 17.2 Å². The molecular formula is C13H17O5S-. The molecule has 0 saturated heterocycles. The van der Waals surface area contributed by atoms with Crippen molar-refractivity contribution >= 4 is 17.2 Å². The first-order valence-electron chi connectivity index (χ1n) is 5.73. The molecule has 0 aliphatic rings. The number of hydrogen-bond acceptors (Lipinski definition) is 5. The minimum atomic E-state index is -2.22. The standard InChI is InChI=1S/C13H18O5S/c1-9-5-12(18-8-11(15)7-14)6-10(2)13(9)3-4-19(16)17/h3-6,11,14-15H,7-8H2,1-2H3,(H,16,17)/p-1/b4-3+/t11-/m1/s1. The van der Waals surface area contributed by atoms with Gasteiger partial charge in [0.25, 0.3) is 0 Å². The van der Waals surface area contributed by atoms with Crippen molar-refractivity contribution in [1.29, 1.82) is 0 Å². The maximum absolute atomic E-state index is 10.5. The van der Waals surface area contributed by atoms with E-state index in [2.05, 4.69) is 0 Å². The first kappa shape index (κ1) is 15.8. The summed E-state index contributed by atoms with van der Waals surface area (Å²) in [5.41, 5.74) is 2.56. The van der Waals surface area contributed by atoms with Gasteiger partial charge in [0.15, 0.2) is 0 Å². The number of aliphatic hydroxyl groups is 2. The molecule has 0 aromatic heterocycles. The maximum atomic E-state index is 10.5. The fourth-order valence-electron chi connectivity index (χ4n) is 1.65. The molecule has 0 spiro atoms. The Kier molecular flexibility index (Phi) is 6.17. The van der Waals surface area contributed by atoms with E-state index in [9.17, 15) is 13.9 Å². The Balaban J connectivity index is 2.87. The van der Waals surface area contributed by atoms with E-state index in [0.29, 0.717) is 5.75 Å². The van der Waals surface area contributed by atoms with Gasteiger partial charge in [-0.15, -0.1) is 0 Å². The van der Waals surface area contributed by atoms with Gasteiger partial charge in [-0.25, -0.2) is 0 Å². The van der Waals surface area contributed by atoms with Crippen LogP contribution in [0.2, 0.25) is 0 Å². The van der Waals surface area contributed by atoms with Crippen LogP contribution in [0.1, 0.15) is 16.7 Å². The second-order valence-electron chi connectivity index (χ2n) is 4.18. The van der Waals surface area contributed by atoms with Gasteiger partial charge in [-0.3, -0.25) is 4.21 Å². The Morgan fingerprint density at radius 1 is 1.42 bits per heavy atom. The first-order chi connectivity index (χ1) is 8.93. The van der Waals surface area contributed by atoms with Crippen LogP contribution in [0.5, 0.6) is 5.75 Å². The van der Waals surface area contributed by atoms with Gasteiger partial charge in [0.05, 0.1) is 6.61 Å². The van der Waals surface area contributed by atoms with E-state index in [1.165, 1.54) is 6.08 Å². The van der Waals surface area contributed by atoms with Crippen LogP contribution in [0, 0.1) is 13.8 Å². The smallest absolute Gasteiger partial charge is 0.120 e. The van der Waals surface area contributed by atoms with Gasteiger partial charge in [0.1, 0.15) is 18.5 Å². The highest BCUT2D eigenvalue weighted by atomic mass is 32.2. The molecule has 1 aromatic carbocycles. The van der Waals surface area contributed by atoms with E-state index in [-0.39, 0.29) is 13.2 Å². The summed E-state index contributed by atoms with van der Waals surface area (Å²) < 4.78 is 26.4. The quantitative estimate of drug-likeness (QED) is 0.757. The molecule has 1 unspecified atom stereocenters. The zero-order valence-electron chi connectivity index (χ0n) is 10.8. The monoisotopic (exact) mass is 285 g/mol. The minimum Gasteiger partial charge on any atom is -0.769 e. The average molecular weight is 285 g/mol. The molecule has 2 N–H and O–H groups in total. The molecule has 106 valence electrons. The van der Waals surface area contributed by atoms with Crippen LogP contribution in [0.25, 0.3) is 6.08 Å². The molecule has 0 saturated carbocycles. The molecule has 0 aliphatic carbocycles. The summed E-state index contributed by atoms with van der Waals surface area (Å²) >= 11 is -2.22. The van der Waals surface area contributed by atoms with Crippen LogP contribution in [0.3, 0.4) is 0 Å². The predicted octanol–water partition coefficient (Wildman–Crippen LogP) is 0.885. The van der Waals surface area contributed by atoms with Crippen LogP contribution >= 0.6 is 0 Å². The Bertz CT molecular complexity index is 461. The third kappa shape index (κ3) is 5.12. The van der Waals surface area contributed by atoms with Crippen LogP contribution in [-0.2, 0) is 11.1 Å². The number of aliphatic hydroxyl groups excluding tert-OH is 2. The zero-order valence-corrected chi connectivity index (χ0v) is 11.6. The molecule has 0 fully saturated rings. The highest BCUT2D eigenvalue weighted by molar-refractivity contribution is 7.82. The summed E-state index contributed by atoms with van der Waals surface area (Å²) in [6, 6.07) is 3.51. The molecule has 5 nitrogen and oxygen atoms in total. The van der Waals surface area contributed by atoms with E-state index in [4.69, 9.17) is 9.84 Å². The summed E-state index contributed by atoms with van der Waals surface area (Å²) in [5.74, 6) is 0.572. The maximum Gasteiger partial charge on any atom is 0.120 e. The van der Waals surface area contributed by atoms with Crippen molar-refractivity contribution in [2.45, 2.75) is 20.0 Å². The van der Waals surface area contributed by atoms with Gasteiger partial charge in [-0.05, 0) is 65.2 Å². The van der Waals surface area contributed by atoms with Crippen LogP contribution < -0.4 is 4.74 Å². The molecule has 0 amide bonds. The number of hydrogen-bond donors (Lipinski definition) is 2. The van der Waals surface area contributed by atoms with E-state index in [1.54, 1.807) is 12.1 Å². The molecule has 2 atom stereocenters. The van der Waals surface area contributed by atoms with Crippen molar-refractivity contribution in [1.82, 2.24) is 0 Å². The molecule has 0 aliphatic heterocycles. The topological polar surface area (TPSA) is 89.8 Å². The average Bonchev–Trinajstić information content (AvgIpc) is 2.34. The van der Waals surface area contributed by atoms with Crippen molar-refractivity contribution in [2.24, 2.45) is 0 Å². The van der Waals surface area contributed by atoms with Crippen molar-refractivity contribution in [3.05, 3.63) is 34.2 Å². The molecule has 1 aromatic rings. The van der Waals surface area contributed by atoms with Crippen molar-refractivity contribution in [3.63, 3.8) is 0 Å². The van der Waals surface area contributed by atoms with Gasteiger partial charge in [-0.1, -0.05) is 0 Å². The van der Waals surface area contributed by atoms with Gasteiger partial charge < -0.3 is 19.5 Å². The summed E-state index contributed by atoms with van der Waals surface area (Å²) in [4.78, 5) is 0. The van der Waals surface area contributed by atoms with E-state index in [1.807, 2.05) is 13.8 Å². The third-order valence-electron chi connectivity index (χ3n) is 2.57. The number of ether oxygens (including phenoxy) is 1. The summed E-state index contributed by atoms with van der Waals surface area (Å²) in [5, 5.41) is 19.0. The lowest BCUT2D eigenvalue weighted by Crippen LogP contribution is -2.21. The third-order valence-corrected chi connectivity index (χ3v) is 2.92. The molecule has 6 heteroatoms. The molecular weight excluding hydrogens is 268 g/mol. The van der Waals surface area contributed by atoms with Crippen LogP contribution in [-0.4, -0.2) is 38.3 Å². The van der Waals surface area contributed by atoms with Crippen LogP contribution in [0.4, 0.5) is 0 Å². The minimum absolute atomic E-state index is 0.00907. The fraction of sp³-hybridized carbons (Fsp3) is 0.385. The highest BCUT2D eigenvalue weighted by Crippen LogP contribution is 2.23. The van der Waals surface area contributed by atoms with Gasteiger partial charge in [0.2, 0.25) is 0 Å². The molecule has 19 heavy (non-hydrogen) atoms. The lowest BCUT2D eigenvalue weighted by molar-refractivity contribution is 0.0536. The van der Waals surface area contributed by atoms with Crippen molar-refractivity contribution in [2.75, 3.05) is 13.2 Å². The molecule has 0 bridgehead atoms. The van der Waals surface area contributed by atoms with Crippen molar-refractivity contribution < 1.29 is 23.7 Å². The second-order valence-corrected chi connectivity index (χ2v) is 4.97. The Morgan fingerprint density at radius 2 is 2.00 bits per heavy atom. The van der Waals surface area contributed by atoms with Gasteiger partial charge in [-0.2, -0.15) is 0 Å². The van der Waals surface area contributed by atoms with E-state index >= 15 is 0 Å². The van der Waals surface area contributed by atoms with Crippen molar-refractivity contribution in [3.8, 4) is 5.75 Å². The lowest BCUT2D eigenvalue weighted by Gasteiger charge is -2.13. The normalized spacial score (nSPS) is 14.6. The molecule has 0 radical (unpaired) electrons. The summed E-state index contributed by atoms with van der Waals surface area (Å²) in [6.07, 6.45) is 0.614.